The second-order valence-corrected chi connectivity index (χ2v) is 8.87. The highest BCUT2D eigenvalue weighted by molar-refractivity contribution is 7.91. The number of hydrogen-bond acceptors (Lipinski definition) is 4. The fourth-order valence-corrected chi connectivity index (χ4v) is 4.95. The third-order valence-electron chi connectivity index (χ3n) is 4.72. The highest BCUT2D eigenvalue weighted by atomic mass is 32.2. The molecule has 2 aliphatic rings. The molecule has 1 heterocycles. The lowest BCUT2D eigenvalue weighted by Crippen LogP contribution is -2.46. The van der Waals surface area contributed by atoms with Gasteiger partial charge in [0.05, 0.1) is 16.9 Å². The molecule has 0 radical (unpaired) electrons. The van der Waals surface area contributed by atoms with Gasteiger partial charge in [0.15, 0.2) is 9.84 Å². The van der Waals surface area contributed by atoms with Gasteiger partial charge in [-0.25, -0.2) is 8.42 Å². The Morgan fingerprint density at radius 2 is 2.05 bits per heavy atom. The molecule has 20 heavy (non-hydrogen) atoms. The van der Waals surface area contributed by atoms with Crippen molar-refractivity contribution in [3.8, 4) is 0 Å². The first-order chi connectivity index (χ1) is 9.33. The van der Waals surface area contributed by atoms with Crippen molar-refractivity contribution in [2.75, 3.05) is 31.1 Å². The number of aliphatic carboxylic acids is 1. The Hall–Kier alpha value is -0.620. The van der Waals surface area contributed by atoms with Crippen LogP contribution in [0.1, 0.15) is 39.0 Å². The number of nitrogens with zero attached hydrogens (tertiary/aromatic N) is 1. The van der Waals surface area contributed by atoms with E-state index in [0.29, 0.717) is 38.4 Å². The van der Waals surface area contributed by atoms with E-state index in [1.807, 2.05) is 0 Å². The Morgan fingerprint density at radius 1 is 1.30 bits per heavy atom. The number of sulfone groups is 1. The predicted molar refractivity (Wildman–Crippen MR) is 77.4 cm³/mol. The largest absolute Gasteiger partial charge is 0.481 e. The first kappa shape index (κ1) is 15.8. The monoisotopic (exact) mass is 303 g/mol. The van der Waals surface area contributed by atoms with Gasteiger partial charge in [-0.05, 0) is 31.7 Å². The van der Waals surface area contributed by atoms with Crippen LogP contribution in [0.5, 0.6) is 0 Å². The molecule has 0 aromatic carbocycles. The smallest absolute Gasteiger partial charge is 0.310 e. The van der Waals surface area contributed by atoms with E-state index in [9.17, 15) is 18.3 Å². The zero-order valence-corrected chi connectivity index (χ0v) is 13.0. The van der Waals surface area contributed by atoms with E-state index < -0.39 is 21.2 Å². The van der Waals surface area contributed by atoms with Crippen LogP contribution in [0.4, 0.5) is 0 Å². The number of hydrogen-bond donors (Lipinski definition) is 1. The molecule has 0 aromatic rings. The molecule has 0 amide bonds. The third kappa shape index (κ3) is 3.73. The molecular weight excluding hydrogens is 278 g/mol. The molecule has 1 N–H and O–H groups in total. The maximum Gasteiger partial charge on any atom is 0.310 e. The van der Waals surface area contributed by atoms with Crippen molar-refractivity contribution in [3.63, 3.8) is 0 Å². The van der Waals surface area contributed by atoms with Crippen molar-refractivity contribution >= 4 is 15.8 Å². The van der Waals surface area contributed by atoms with Crippen molar-refractivity contribution < 1.29 is 18.3 Å². The maximum atomic E-state index is 11.8. The second kappa shape index (κ2) is 6.02. The topological polar surface area (TPSA) is 74.7 Å². The Balaban J connectivity index is 2.07. The van der Waals surface area contributed by atoms with Crippen molar-refractivity contribution in [2.24, 2.45) is 11.3 Å². The normalized spacial score (nSPS) is 35.4. The van der Waals surface area contributed by atoms with Crippen molar-refractivity contribution in [2.45, 2.75) is 39.0 Å². The summed E-state index contributed by atoms with van der Waals surface area (Å²) in [5.41, 5.74) is -0.675. The molecule has 6 heteroatoms. The van der Waals surface area contributed by atoms with Gasteiger partial charge in [0, 0.05) is 13.1 Å². The fraction of sp³-hybridized carbons (Fsp3) is 0.929. The number of carboxylic acid groups (broad SMARTS) is 1. The minimum absolute atomic E-state index is 0.165. The van der Waals surface area contributed by atoms with Gasteiger partial charge in [-0.15, -0.1) is 0 Å². The molecule has 0 aromatic heterocycles. The van der Waals surface area contributed by atoms with Crippen LogP contribution in [-0.4, -0.2) is 55.5 Å². The van der Waals surface area contributed by atoms with Crippen molar-refractivity contribution in [1.29, 1.82) is 0 Å². The summed E-state index contributed by atoms with van der Waals surface area (Å²) in [5.74, 6) is 0.129. The summed E-state index contributed by atoms with van der Waals surface area (Å²) >= 11 is 0. The Bertz CT molecular complexity index is 462. The summed E-state index contributed by atoms with van der Waals surface area (Å²) in [5, 5.41) is 9.67. The van der Waals surface area contributed by atoms with Gasteiger partial charge in [0.2, 0.25) is 0 Å². The van der Waals surface area contributed by atoms with Crippen LogP contribution < -0.4 is 0 Å². The summed E-state index contributed by atoms with van der Waals surface area (Å²) in [7, 11) is -2.93. The first-order valence-electron chi connectivity index (χ1n) is 7.49. The molecule has 0 spiro atoms. The van der Waals surface area contributed by atoms with Gasteiger partial charge >= 0.3 is 5.97 Å². The predicted octanol–water partition coefficient (Wildman–Crippen LogP) is 1.39. The van der Waals surface area contributed by atoms with Gasteiger partial charge in [0.25, 0.3) is 0 Å². The van der Waals surface area contributed by atoms with Gasteiger partial charge in [-0.2, -0.15) is 0 Å². The van der Waals surface area contributed by atoms with E-state index in [0.717, 1.165) is 19.3 Å². The average molecular weight is 303 g/mol. The van der Waals surface area contributed by atoms with E-state index in [4.69, 9.17) is 0 Å². The minimum Gasteiger partial charge on any atom is -0.481 e. The molecule has 1 saturated heterocycles. The van der Waals surface area contributed by atoms with Crippen LogP contribution in [0.15, 0.2) is 0 Å². The molecule has 2 atom stereocenters. The SMILES string of the molecule is CC1CCCC(CN2CCCS(=O)(=O)CC2)(C(=O)O)C1. The highest BCUT2D eigenvalue weighted by Gasteiger charge is 2.43. The summed E-state index contributed by atoms with van der Waals surface area (Å²) in [6.45, 7) is 3.79. The quantitative estimate of drug-likeness (QED) is 0.853. The van der Waals surface area contributed by atoms with Crippen LogP contribution >= 0.6 is 0 Å². The maximum absolute atomic E-state index is 11.8. The average Bonchev–Trinajstić information content (AvgIpc) is 2.51. The van der Waals surface area contributed by atoms with Gasteiger partial charge < -0.3 is 10.0 Å². The molecule has 1 aliphatic carbocycles. The number of rotatable bonds is 3. The standard InChI is InChI=1S/C14H25NO4S/c1-12-4-2-5-14(10-12,13(16)17)11-15-6-3-8-20(18,19)9-7-15/h12H,2-11H2,1H3,(H,16,17). The Morgan fingerprint density at radius 3 is 2.70 bits per heavy atom. The molecule has 116 valence electrons. The van der Waals surface area contributed by atoms with Gasteiger partial charge in [-0.3, -0.25) is 4.79 Å². The van der Waals surface area contributed by atoms with E-state index in [-0.39, 0.29) is 11.5 Å². The first-order valence-corrected chi connectivity index (χ1v) is 9.31. The van der Waals surface area contributed by atoms with Crippen LogP contribution in [0, 0.1) is 11.3 Å². The van der Waals surface area contributed by atoms with Crippen molar-refractivity contribution in [1.82, 2.24) is 4.90 Å². The molecular formula is C14H25NO4S. The molecule has 5 nitrogen and oxygen atoms in total. The lowest BCUT2D eigenvalue weighted by Gasteiger charge is -2.39. The van der Waals surface area contributed by atoms with Gasteiger partial charge in [-0.1, -0.05) is 19.8 Å². The second-order valence-electron chi connectivity index (χ2n) is 6.57. The fourth-order valence-electron chi connectivity index (χ4n) is 3.64. The lowest BCUT2D eigenvalue weighted by molar-refractivity contribution is -0.153. The molecule has 1 saturated carbocycles. The molecule has 2 unspecified atom stereocenters. The van der Waals surface area contributed by atoms with E-state index in [1.165, 1.54) is 0 Å². The van der Waals surface area contributed by atoms with Crippen LogP contribution in [0.25, 0.3) is 0 Å². The van der Waals surface area contributed by atoms with Crippen LogP contribution in [-0.2, 0) is 14.6 Å². The Labute approximate surface area is 121 Å². The molecule has 2 rings (SSSR count). The highest BCUT2D eigenvalue weighted by Crippen LogP contribution is 2.40. The van der Waals surface area contributed by atoms with E-state index in [1.54, 1.807) is 0 Å². The van der Waals surface area contributed by atoms with Crippen LogP contribution in [0.2, 0.25) is 0 Å². The number of carbonyl (C=O) groups is 1. The minimum atomic E-state index is -2.93. The molecule has 0 bridgehead atoms. The summed E-state index contributed by atoms with van der Waals surface area (Å²) in [6, 6.07) is 0. The third-order valence-corrected chi connectivity index (χ3v) is 6.43. The number of carboxylic acids is 1. The van der Waals surface area contributed by atoms with Crippen LogP contribution in [0.3, 0.4) is 0 Å². The zero-order chi connectivity index (χ0) is 14.8. The molecule has 1 aliphatic heterocycles. The summed E-state index contributed by atoms with van der Waals surface area (Å²) < 4.78 is 23.3. The molecule has 2 fully saturated rings. The van der Waals surface area contributed by atoms with E-state index in [2.05, 4.69) is 11.8 Å². The van der Waals surface area contributed by atoms with Crippen molar-refractivity contribution in [3.05, 3.63) is 0 Å². The zero-order valence-electron chi connectivity index (χ0n) is 12.2. The Kier molecular flexibility index (Phi) is 4.74. The van der Waals surface area contributed by atoms with Gasteiger partial charge in [0.1, 0.15) is 0 Å². The lowest BCUT2D eigenvalue weighted by atomic mass is 9.69. The van der Waals surface area contributed by atoms with E-state index >= 15 is 0 Å². The summed E-state index contributed by atoms with van der Waals surface area (Å²) in [4.78, 5) is 13.8. The summed E-state index contributed by atoms with van der Waals surface area (Å²) in [6.07, 6.45) is 4.11.